The van der Waals surface area contributed by atoms with Crippen LogP contribution in [0.4, 0.5) is 10.1 Å². The fraction of sp³-hybridized carbons (Fsp3) is 0.0909. The van der Waals surface area contributed by atoms with Crippen LogP contribution in [0.5, 0.6) is 0 Å². The standard InChI is InChI=1S/C22H16ClFN2O2S/c1-25(13-14-6-3-2-4-7-14)20-19(18-8-5-11-29-18)21(27)26(22(20)28)15-9-10-17(24)16(23)12-15/h2-12H,13H2,1H3. The zero-order valence-electron chi connectivity index (χ0n) is 15.4. The second-order valence-electron chi connectivity index (χ2n) is 6.59. The molecule has 146 valence electrons. The maximum atomic E-state index is 13.6. The Kier molecular flexibility index (Phi) is 5.22. The van der Waals surface area contributed by atoms with Crippen LogP contribution >= 0.6 is 22.9 Å². The van der Waals surface area contributed by atoms with Gasteiger partial charge in [0.25, 0.3) is 11.8 Å². The van der Waals surface area contributed by atoms with Gasteiger partial charge in [-0.15, -0.1) is 11.3 Å². The van der Waals surface area contributed by atoms with E-state index in [-0.39, 0.29) is 10.7 Å². The highest BCUT2D eigenvalue weighted by atomic mass is 35.5. The van der Waals surface area contributed by atoms with Crippen LogP contribution in [0.15, 0.2) is 71.7 Å². The Hall–Kier alpha value is -2.96. The number of carbonyl (C=O) groups excluding carboxylic acids is 2. The van der Waals surface area contributed by atoms with Crippen LogP contribution in [-0.2, 0) is 16.1 Å². The number of amides is 2. The number of thiophene rings is 1. The van der Waals surface area contributed by atoms with Gasteiger partial charge in [0.15, 0.2) is 0 Å². The first-order valence-electron chi connectivity index (χ1n) is 8.84. The third-order valence-electron chi connectivity index (χ3n) is 4.63. The highest BCUT2D eigenvalue weighted by Crippen LogP contribution is 2.37. The van der Waals surface area contributed by atoms with Gasteiger partial charge in [0.2, 0.25) is 0 Å². The Bertz CT molecular complexity index is 1110. The highest BCUT2D eigenvalue weighted by Gasteiger charge is 2.42. The van der Waals surface area contributed by atoms with Gasteiger partial charge >= 0.3 is 0 Å². The molecule has 1 aliphatic heterocycles. The van der Waals surface area contributed by atoms with Crippen molar-refractivity contribution in [3.8, 4) is 0 Å². The predicted molar refractivity (Wildman–Crippen MR) is 113 cm³/mol. The Morgan fingerprint density at radius 3 is 2.45 bits per heavy atom. The molecule has 2 aromatic carbocycles. The first-order chi connectivity index (χ1) is 14.0. The SMILES string of the molecule is CN(Cc1ccccc1)C1=C(c2cccs2)C(=O)N(c2ccc(F)c(Cl)c2)C1=O. The maximum Gasteiger partial charge on any atom is 0.282 e. The quantitative estimate of drug-likeness (QED) is 0.541. The third-order valence-corrected chi connectivity index (χ3v) is 5.81. The van der Waals surface area contributed by atoms with Crippen LogP contribution in [-0.4, -0.2) is 23.8 Å². The van der Waals surface area contributed by atoms with Crippen LogP contribution in [0.3, 0.4) is 0 Å². The lowest BCUT2D eigenvalue weighted by atomic mass is 10.1. The summed E-state index contributed by atoms with van der Waals surface area (Å²) in [6, 6.07) is 17.1. The number of benzene rings is 2. The molecule has 0 radical (unpaired) electrons. The third kappa shape index (κ3) is 3.57. The highest BCUT2D eigenvalue weighted by molar-refractivity contribution is 7.11. The summed E-state index contributed by atoms with van der Waals surface area (Å²) in [6.45, 7) is 0.460. The summed E-state index contributed by atoms with van der Waals surface area (Å²) in [4.78, 5) is 30.1. The van der Waals surface area contributed by atoms with Crippen LogP contribution in [0, 0.1) is 5.82 Å². The van der Waals surface area contributed by atoms with E-state index in [1.54, 1.807) is 11.9 Å². The maximum absolute atomic E-state index is 13.6. The minimum absolute atomic E-state index is 0.146. The smallest absolute Gasteiger partial charge is 0.282 e. The van der Waals surface area contributed by atoms with Crippen molar-refractivity contribution >= 4 is 46.0 Å². The number of nitrogens with zero attached hydrogens (tertiary/aromatic N) is 2. The van der Waals surface area contributed by atoms with Crippen molar-refractivity contribution in [1.82, 2.24) is 4.90 Å². The molecular formula is C22H16ClFN2O2S. The molecule has 0 saturated carbocycles. The van der Waals surface area contributed by atoms with E-state index in [4.69, 9.17) is 11.6 Å². The number of rotatable bonds is 5. The molecule has 0 fully saturated rings. The molecule has 0 bridgehead atoms. The van der Waals surface area contributed by atoms with Gasteiger partial charge in [-0.05, 0) is 35.2 Å². The number of hydrogen-bond acceptors (Lipinski definition) is 4. The molecule has 0 saturated heterocycles. The first kappa shape index (κ1) is 19.4. The number of halogens is 2. The van der Waals surface area contributed by atoms with Crippen molar-refractivity contribution in [1.29, 1.82) is 0 Å². The lowest BCUT2D eigenvalue weighted by Crippen LogP contribution is -2.34. The fourth-order valence-electron chi connectivity index (χ4n) is 3.31. The zero-order chi connectivity index (χ0) is 20.5. The molecule has 2 heterocycles. The Labute approximate surface area is 176 Å². The van der Waals surface area contributed by atoms with Gasteiger partial charge in [-0.25, -0.2) is 9.29 Å². The van der Waals surface area contributed by atoms with Crippen molar-refractivity contribution in [2.75, 3.05) is 11.9 Å². The minimum Gasteiger partial charge on any atom is -0.365 e. The van der Waals surface area contributed by atoms with Gasteiger partial charge < -0.3 is 4.90 Å². The first-order valence-corrected chi connectivity index (χ1v) is 10.1. The second-order valence-corrected chi connectivity index (χ2v) is 7.94. The van der Waals surface area contributed by atoms with Crippen molar-refractivity contribution in [3.63, 3.8) is 0 Å². The molecule has 0 atom stereocenters. The molecule has 1 aromatic heterocycles. The van der Waals surface area contributed by atoms with Gasteiger partial charge in [-0.3, -0.25) is 9.59 Å². The normalized spacial score (nSPS) is 14.1. The molecule has 0 spiro atoms. The van der Waals surface area contributed by atoms with Gasteiger partial charge in [-0.2, -0.15) is 0 Å². The Morgan fingerprint density at radius 2 is 1.79 bits per heavy atom. The molecule has 7 heteroatoms. The number of hydrogen-bond donors (Lipinski definition) is 0. The topological polar surface area (TPSA) is 40.6 Å². The summed E-state index contributed by atoms with van der Waals surface area (Å²) in [5.41, 5.74) is 1.89. The summed E-state index contributed by atoms with van der Waals surface area (Å²) in [7, 11) is 1.78. The van der Waals surface area contributed by atoms with Crippen LogP contribution in [0.25, 0.3) is 5.57 Å². The van der Waals surface area contributed by atoms with Crippen molar-refractivity contribution in [3.05, 3.63) is 93.0 Å². The molecule has 0 aliphatic carbocycles. The van der Waals surface area contributed by atoms with E-state index in [1.165, 1.54) is 23.5 Å². The number of carbonyl (C=O) groups is 2. The largest absolute Gasteiger partial charge is 0.365 e. The van der Waals surface area contributed by atoms with E-state index < -0.39 is 17.6 Å². The van der Waals surface area contributed by atoms with E-state index in [2.05, 4.69) is 0 Å². The average Bonchev–Trinajstić information content (AvgIpc) is 3.31. The van der Waals surface area contributed by atoms with Crippen molar-refractivity contribution < 1.29 is 14.0 Å². The van der Waals surface area contributed by atoms with E-state index in [0.29, 0.717) is 22.7 Å². The summed E-state index contributed by atoms with van der Waals surface area (Å²) < 4.78 is 13.6. The summed E-state index contributed by atoms with van der Waals surface area (Å²) in [6.07, 6.45) is 0. The molecule has 4 rings (SSSR count). The van der Waals surface area contributed by atoms with Crippen molar-refractivity contribution in [2.24, 2.45) is 0 Å². The second kappa shape index (κ2) is 7.81. The van der Waals surface area contributed by atoms with E-state index in [1.807, 2.05) is 47.8 Å². The summed E-state index contributed by atoms with van der Waals surface area (Å²) in [5, 5.41) is 1.71. The molecule has 3 aromatic rings. The zero-order valence-corrected chi connectivity index (χ0v) is 17.0. The predicted octanol–water partition coefficient (Wildman–Crippen LogP) is 4.96. The van der Waals surface area contributed by atoms with Crippen LogP contribution in [0.2, 0.25) is 5.02 Å². The lowest BCUT2D eigenvalue weighted by molar-refractivity contribution is -0.120. The molecule has 0 N–H and O–H groups in total. The van der Waals surface area contributed by atoms with E-state index >= 15 is 0 Å². The summed E-state index contributed by atoms with van der Waals surface area (Å²) in [5.74, 6) is -1.52. The van der Waals surface area contributed by atoms with Gasteiger partial charge in [-0.1, -0.05) is 48.0 Å². The fourth-order valence-corrected chi connectivity index (χ4v) is 4.25. The summed E-state index contributed by atoms with van der Waals surface area (Å²) >= 11 is 7.27. The minimum atomic E-state index is -0.609. The van der Waals surface area contributed by atoms with Crippen LogP contribution in [0.1, 0.15) is 10.4 Å². The molecule has 29 heavy (non-hydrogen) atoms. The van der Waals surface area contributed by atoms with Gasteiger partial charge in [0.1, 0.15) is 11.5 Å². The van der Waals surface area contributed by atoms with Crippen LogP contribution < -0.4 is 4.90 Å². The van der Waals surface area contributed by atoms with Gasteiger partial charge in [0.05, 0.1) is 16.3 Å². The average molecular weight is 427 g/mol. The molecule has 1 aliphatic rings. The van der Waals surface area contributed by atoms with Crippen molar-refractivity contribution in [2.45, 2.75) is 6.54 Å². The number of anilines is 1. The monoisotopic (exact) mass is 426 g/mol. The Morgan fingerprint density at radius 1 is 1.03 bits per heavy atom. The molecule has 0 unspecified atom stereocenters. The molecule has 2 amide bonds. The van der Waals surface area contributed by atoms with E-state index in [9.17, 15) is 14.0 Å². The number of imide groups is 1. The lowest BCUT2D eigenvalue weighted by Gasteiger charge is -2.21. The van der Waals surface area contributed by atoms with E-state index in [0.717, 1.165) is 16.5 Å². The number of likely N-dealkylation sites (N-methyl/N-ethyl adjacent to an activating group) is 1. The molecular weight excluding hydrogens is 411 g/mol. The Balaban J connectivity index is 1.77. The van der Waals surface area contributed by atoms with Gasteiger partial charge in [0, 0.05) is 18.5 Å². The molecule has 4 nitrogen and oxygen atoms in total.